The largest absolute Gasteiger partial charge is 0.348 e. The zero-order valence-corrected chi connectivity index (χ0v) is 14.7. The molecule has 0 aliphatic carbocycles. The van der Waals surface area contributed by atoms with Crippen molar-refractivity contribution in [2.45, 2.75) is 40.2 Å². The summed E-state index contributed by atoms with van der Waals surface area (Å²) in [5, 5.41) is 2.90. The molecule has 5 nitrogen and oxygen atoms in total. The number of hydrogen-bond donors (Lipinski definition) is 1. The number of rotatable bonds is 8. The Balaban J connectivity index is 1.96. The minimum absolute atomic E-state index is 0.153. The van der Waals surface area contributed by atoms with Gasteiger partial charge >= 0.3 is 0 Å². The van der Waals surface area contributed by atoms with E-state index in [9.17, 15) is 4.79 Å². The number of aromatic nitrogens is 2. The van der Waals surface area contributed by atoms with Crippen molar-refractivity contribution >= 4 is 11.9 Å². The maximum atomic E-state index is 12.2. The Bertz CT molecular complexity index is 631. The van der Waals surface area contributed by atoms with Crippen molar-refractivity contribution in [2.24, 2.45) is 0 Å². The number of nitrogens with one attached hydrogen (secondary N) is 1. The minimum atomic E-state index is -0.153. The van der Waals surface area contributed by atoms with Crippen LogP contribution in [0, 0.1) is 6.92 Å². The molecule has 2 rings (SSSR count). The van der Waals surface area contributed by atoms with Gasteiger partial charge in [-0.15, -0.1) is 0 Å². The van der Waals surface area contributed by atoms with Gasteiger partial charge in [0.25, 0.3) is 5.91 Å². The molecule has 0 aliphatic rings. The zero-order chi connectivity index (χ0) is 17.4. The van der Waals surface area contributed by atoms with E-state index in [4.69, 9.17) is 0 Å². The van der Waals surface area contributed by atoms with E-state index >= 15 is 0 Å². The highest BCUT2D eigenvalue weighted by Crippen LogP contribution is 2.09. The van der Waals surface area contributed by atoms with Crippen LogP contribution in [0.15, 0.2) is 36.7 Å². The molecule has 2 aromatic rings. The minimum Gasteiger partial charge on any atom is -0.348 e. The molecule has 1 aromatic heterocycles. The fraction of sp³-hybridized carbons (Fsp3) is 0.421. The molecule has 1 aromatic carbocycles. The second kappa shape index (κ2) is 9.01. The van der Waals surface area contributed by atoms with Crippen LogP contribution in [0.25, 0.3) is 0 Å². The lowest BCUT2D eigenvalue weighted by atomic mass is 10.1. The normalized spacial score (nSPS) is 10.5. The van der Waals surface area contributed by atoms with Gasteiger partial charge in [0.05, 0.1) is 5.56 Å². The Hall–Kier alpha value is -2.43. The quantitative estimate of drug-likeness (QED) is 0.808. The SMILES string of the molecule is CCCN(CCC)c1ncc(C(=O)NCc2ccc(C)cc2)cn1. The molecule has 1 heterocycles. The van der Waals surface area contributed by atoms with E-state index in [0.717, 1.165) is 31.5 Å². The highest BCUT2D eigenvalue weighted by Gasteiger charge is 2.10. The molecule has 0 bridgehead atoms. The van der Waals surface area contributed by atoms with E-state index in [1.54, 1.807) is 12.4 Å². The van der Waals surface area contributed by atoms with Gasteiger partial charge in [-0.1, -0.05) is 43.7 Å². The number of anilines is 1. The van der Waals surface area contributed by atoms with E-state index in [1.807, 2.05) is 31.2 Å². The maximum Gasteiger partial charge on any atom is 0.254 e. The van der Waals surface area contributed by atoms with Crippen molar-refractivity contribution in [3.8, 4) is 0 Å². The van der Waals surface area contributed by atoms with Crippen LogP contribution < -0.4 is 10.2 Å². The lowest BCUT2D eigenvalue weighted by Gasteiger charge is -2.21. The molecule has 0 atom stereocenters. The second-order valence-electron chi connectivity index (χ2n) is 5.93. The average Bonchev–Trinajstić information content (AvgIpc) is 2.61. The molecule has 0 spiro atoms. The van der Waals surface area contributed by atoms with Crippen molar-refractivity contribution in [3.63, 3.8) is 0 Å². The molecule has 0 unspecified atom stereocenters. The summed E-state index contributed by atoms with van der Waals surface area (Å²) in [4.78, 5) is 23.1. The first-order valence-electron chi connectivity index (χ1n) is 8.54. The molecule has 0 fully saturated rings. The number of benzene rings is 1. The number of aryl methyl sites for hydroxylation is 1. The highest BCUT2D eigenvalue weighted by molar-refractivity contribution is 5.93. The molecule has 1 N–H and O–H groups in total. The van der Waals surface area contributed by atoms with Gasteiger partial charge in [-0.3, -0.25) is 4.79 Å². The summed E-state index contributed by atoms with van der Waals surface area (Å²) in [7, 11) is 0. The fourth-order valence-electron chi connectivity index (χ4n) is 2.44. The fourth-order valence-corrected chi connectivity index (χ4v) is 2.44. The predicted octanol–water partition coefficient (Wildman–Crippen LogP) is 3.34. The van der Waals surface area contributed by atoms with E-state index in [0.29, 0.717) is 18.1 Å². The molecule has 0 aliphatic heterocycles. The molecule has 0 saturated heterocycles. The van der Waals surface area contributed by atoms with Crippen LogP contribution >= 0.6 is 0 Å². The van der Waals surface area contributed by atoms with Gasteiger partial charge in [-0.25, -0.2) is 9.97 Å². The van der Waals surface area contributed by atoms with Gasteiger partial charge in [0.1, 0.15) is 0 Å². The Kier molecular flexibility index (Phi) is 6.73. The van der Waals surface area contributed by atoms with Crippen LogP contribution in [0.1, 0.15) is 48.2 Å². The van der Waals surface area contributed by atoms with Crippen LogP contribution in [0.4, 0.5) is 5.95 Å². The third-order valence-electron chi connectivity index (χ3n) is 3.74. The summed E-state index contributed by atoms with van der Waals surface area (Å²) in [6.45, 7) is 8.66. The monoisotopic (exact) mass is 326 g/mol. The topological polar surface area (TPSA) is 58.1 Å². The summed E-state index contributed by atoms with van der Waals surface area (Å²) < 4.78 is 0. The molecular weight excluding hydrogens is 300 g/mol. The van der Waals surface area contributed by atoms with Gasteiger partial charge < -0.3 is 10.2 Å². The van der Waals surface area contributed by atoms with Gasteiger partial charge in [0.2, 0.25) is 5.95 Å². The molecular formula is C19H26N4O. The van der Waals surface area contributed by atoms with E-state index < -0.39 is 0 Å². The first-order chi connectivity index (χ1) is 11.6. The van der Waals surface area contributed by atoms with Crippen LogP contribution in [-0.4, -0.2) is 29.0 Å². The summed E-state index contributed by atoms with van der Waals surface area (Å²) in [5.74, 6) is 0.536. The lowest BCUT2D eigenvalue weighted by molar-refractivity contribution is 0.0950. The van der Waals surface area contributed by atoms with Gasteiger partial charge in [0, 0.05) is 32.0 Å². The van der Waals surface area contributed by atoms with E-state index in [2.05, 4.69) is 34.0 Å². The number of hydrogen-bond acceptors (Lipinski definition) is 4. The van der Waals surface area contributed by atoms with Crippen molar-refractivity contribution in [1.29, 1.82) is 0 Å². The Morgan fingerprint density at radius 1 is 1.04 bits per heavy atom. The lowest BCUT2D eigenvalue weighted by Crippen LogP contribution is -2.28. The Morgan fingerprint density at radius 2 is 1.62 bits per heavy atom. The van der Waals surface area contributed by atoms with Crippen LogP contribution in [-0.2, 0) is 6.54 Å². The Labute approximate surface area is 144 Å². The molecule has 1 amide bonds. The smallest absolute Gasteiger partial charge is 0.254 e. The summed E-state index contributed by atoms with van der Waals surface area (Å²) in [6.07, 6.45) is 5.29. The molecule has 24 heavy (non-hydrogen) atoms. The summed E-state index contributed by atoms with van der Waals surface area (Å²) >= 11 is 0. The summed E-state index contributed by atoms with van der Waals surface area (Å²) in [6, 6.07) is 8.11. The molecule has 0 saturated carbocycles. The molecule has 128 valence electrons. The molecule has 0 radical (unpaired) electrons. The van der Waals surface area contributed by atoms with E-state index in [-0.39, 0.29) is 5.91 Å². The average molecular weight is 326 g/mol. The number of carbonyl (C=O) groups excluding carboxylic acids is 1. The van der Waals surface area contributed by atoms with Crippen molar-refractivity contribution in [3.05, 3.63) is 53.3 Å². The highest BCUT2D eigenvalue weighted by atomic mass is 16.1. The summed E-state index contributed by atoms with van der Waals surface area (Å²) in [5.41, 5.74) is 2.76. The Morgan fingerprint density at radius 3 is 2.17 bits per heavy atom. The van der Waals surface area contributed by atoms with Crippen LogP contribution in [0.5, 0.6) is 0 Å². The first kappa shape index (κ1) is 17.9. The van der Waals surface area contributed by atoms with Gasteiger partial charge in [-0.2, -0.15) is 0 Å². The first-order valence-corrected chi connectivity index (χ1v) is 8.54. The van der Waals surface area contributed by atoms with Crippen LogP contribution in [0.3, 0.4) is 0 Å². The van der Waals surface area contributed by atoms with E-state index in [1.165, 1.54) is 5.56 Å². The van der Waals surface area contributed by atoms with Crippen molar-refractivity contribution < 1.29 is 4.79 Å². The molecule has 5 heteroatoms. The number of amides is 1. The third-order valence-corrected chi connectivity index (χ3v) is 3.74. The predicted molar refractivity (Wildman–Crippen MR) is 97.2 cm³/mol. The van der Waals surface area contributed by atoms with Gasteiger partial charge in [0.15, 0.2) is 0 Å². The second-order valence-corrected chi connectivity index (χ2v) is 5.93. The van der Waals surface area contributed by atoms with Crippen molar-refractivity contribution in [1.82, 2.24) is 15.3 Å². The van der Waals surface area contributed by atoms with Gasteiger partial charge in [-0.05, 0) is 25.3 Å². The van der Waals surface area contributed by atoms with Crippen LogP contribution in [0.2, 0.25) is 0 Å². The number of carbonyl (C=O) groups is 1. The van der Waals surface area contributed by atoms with Crippen molar-refractivity contribution in [2.75, 3.05) is 18.0 Å². The maximum absolute atomic E-state index is 12.2. The zero-order valence-electron chi connectivity index (χ0n) is 14.7. The third kappa shape index (κ3) is 5.05. The standard InChI is InChI=1S/C19H26N4O/c1-4-10-23(11-5-2)19-21-13-17(14-22-19)18(24)20-12-16-8-6-15(3)7-9-16/h6-9,13-14H,4-5,10-12H2,1-3H3,(H,20,24). The number of nitrogens with zero attached hydrogens (tertiary/aromatic N) is 3.